The highest BCUT2D eigenvalue weighted by molar-refractivity contribution is 5.77. The van der Waals surface area contributed by atoms with Gasteiger partial charge in [0.25, 0.3) is 0 Å². The first-order valence-corrected chi connectivity index (χ1v) is 5.35. The second-order valence-corrected chi connectivity index (χ2v) is 3.92. The van der Waals surface area contributed by atoms with Crippen molar-refractivity contribution in [3.05, 3.63) is 35.6 Å². The van der Waals surface area contributed by atoms with Crippen molar-refractivity contribution in [1.29, 1.82) is 0 Å². The van der Waals surface area contributed by atoms with Gasteiger partial charge in [0.2, 0.25) is 0 Å². The highest BCUT2D eigenvalue weighted by atomic mass is 19.1. The van der Waals surface area contributed by atoms with Crippen LogP contribution in [-0.2, 0) is 9.53 Å². The number of carbonyl (C=O) groups is 1. The number of halogens is 1. The van der Waals surface area contributed by atoms with Crippen LogP contribution in [0.15, 0.2) is 24.3 Å². The topological polar surface area (TPSA) is 38.3 Å². The summed E-state index contributed by atoms with van der Waals surface area (Å²) < 4.78 is 18.3. The molecule has 1 saturated heterocycles. The molecule has 0 spiro atoms. The first-order chi connectivity index (χ1) is 7.68. The average Bonchev–Trinajstić information content (AvgIpc) is 2.65. The van der Waals surface area contributed by atoms with Crippen LogP contribution in [0.3, 0.4) is 0 Å². The Hall–Kier alpha value is -1.42. The maximum atomic E-state index is 13.5. The Labute approximate surface area is 93.6 Å². The molecule has 1 aromatic rings. The summed E-state index contributed by atoms with van der Waals surface area (Å²) in [5.74, 6) is -0.503. The third kappa shape index (κ3) is 2.22. The molecular formula is C12H14FNO2. The van der Waals surface area contributed by atoms with Gasteiger partial charge in [-0.05, 0) is 13.0 Å². The summed E-state index contributed by atoms with van der Waals surface area (Å²) in [7, 11) is 0. The Balaban J connectivity index is 2.05. The molecule has 2 unspecified atom stereocenters. The van der Waals surface area contributed by atoms with Crippen LogP contribution in [0.25, 0.3) is 0 Å². The van der Waals surface area contributed by atoms with Crippen molar-refractivity contribution in [3.63, 3.8) is 0 Å². The van der Waals surface area contributed by atoms with E-state index in [1.807, 2.05) is 6.92 Å². The number of hydrogen-bond donors (Lipinski definition) is 1. The quantitative estimate of drug-likeness (QED) is 0.794. The van der Waals surface area contributed by atoms with Crippen LogP contribution in [0.4, 0.5) is 4.39 Å². The molecule has 16 heavy (non-hydrogen) atoms. The van der Waals surface area contributed by atoms with E-state index >= 15 is 0 Å². The lowest BCUT2D eigenvalue weighted by molar-refractivity contribution is -0.139. The van der Waals surface area contributed by atoms with Gasteiger partial charge in [-0.2, -0.15) is 0 Å². The fourth-order valence-electron chi connectivity index (χ4n) is 1.87. The smallest absolute Gasteiger partial charge is 0.323 e. The van der Waals surface area contributed by atoms with E-state index in [1.54, 1.807) is 18.2 Å². The molecular weight excluding hydrogens is 209 g/mol. The van der Waals surface area contributed by atoms with Crippen LogP contribution in [0.2, 0.25) is 0 Å². The summed E-state index contributed by atoms with van der Waals surface area (Å²) in [6, 6.07) is 6.05. The lowest BCUT2D eigenvalue weighted by atomic mass is 10.1. The van der Waals surface area contributed by atoms with Crippen LogP contribution in [0.1, 0.15) is 24.9 Å². The molecule has 2 rings (SSSR count). The molecule has 2 atom stereocenters. The van der Waals surface area contributed by atoms with Gasteiger partial charge in [-0.3, -0.25) is 10.1 Å². The SMILES string of the molecule is CC(NC1CCOC1=O)c1ccccc1F. The van der Waals surface area contributed by atoms with Crippen LogP contribution in [-0.4, -0.2) is 18.6 Å². The molecule has 0 saturated carbocycles. The summed E-state index contributed by atoms with van der Waals surface area (Å²) in [5.41, 5.74) is 0.571. The highest BCUT2D eigenvalue weighted by Gasteiger charge is 2.28. The molecule has 1 heterocycles. The van der Waals surface area contributed by atoms with Gasteiger partial charge in [-0.25, -0.2) is 4.39 Å². The molecule has 1 N–H and O–H groups in total. The Morgan fingerprint density at radius 3 is 2.88 bits per heavy atom. The molecule has 3 nitrogen and oxygen atoms in total. The Morgan fingerprint density at radius 2 is 2.25 bits per heavy atom. The van der Waals surface area contributed by atoms with Crippen LogP contribution in [0, 0.1) is 5.82 Å². The van der Waals surface area contributed by atoms with Gasteiger partial charge in [-0.15, -0.1) is 0 Å². The van der Waals surface area contributed by atoms with E-state index in [1.165, 1.54) is 6.07 Å². The number of esters is 1. The summed E-state index contributed by atoms with van der Waals surface area (Å²) in [5, 5.41) is 3.07. The summed E-state index contributed by atoms with van der Waals surface area (Å²) in [6.07, 6.45) is 0.650. The number of benzene rings is 1. The molecule has 86 valence electrons. The Morgan fingerprint density at radius 1 is 1.50 bits per heavy atom. The fourth-order valence-corrected chi connectivity index (χ4v) is 1.87. The molecule has 0 bridgehead atoms. The predicted octanol–water partition coefficient (Wildman–Crippen LogP) is 1.79. The Kier molecular flexibility index (Phi) is 3.19. The molecule has 0 aromatic heterocycles. The van der Waals surface area contributed by atoms with Crippen LogP contribution in [0.5, 0.6) is 0 Å². The van der Waals surface area contributed by atoms with Crippen molar-refractivity contribution >= 4 is 5.97 Å². The van der Waals surface area contributed by atoms with E-state index in [4.69, 9.17) is 4.74 Å². The van der Waals surface area contributed by atoms with Crippen LogP contribution < -0.4 is 5.32 Å². The van der Waals surface area contributed by atoms with Crippen molar-refractivity contribution in [3.8, 4) is 0 Å². The molecule has 0 amide bonds. The molecule has 1 aliphatic rings. The minimum Gasteiger partial charge on any atom is -0.464 e. The zero-order valence-corrected chi connectivity index (χ0v) is 9.07. The second kappa shape index (κ2) is 4.61. The van der Waals surface area contributed by atoms with Crippen LogP contribution >= 0.6 is 0 Å². The first-order valence-electron chi connectivity index (χ1n) is 5.35. The van der Waals surface area contributed by atoms with E-state index in [2.05, 4.69) is 5.32 Å². The molecule has 0 radical (unpaired) electrons. The minimum absolute atomic E-state index is 0.197. The van der Waals surface area contributed by atoms with Crippen molar-refractivity contribution in [2.24, 2.45) is 0 Å². The number of nitrogens with one attached hydrogen (secondary N) is 1. The second-order valence-electron chi connectivity index (χ2n) is 3.92. The highest BCUT2D eigenvalue weighted by Crippen LogP contribution is 2.18. The summed E-state index contributed by atoms with van der Waals surface area (Å²) >= 11 is 0. The number of ether oxygens (including phenoxy) is 1. The van der Waals surface area contributed by atoms with Gasteiger partial charge in [0.15, 0.2) is 0 Å². The molecule has 1 fully saturated rings. The number of cyclic esters (lactones) is 1. The van der Waals surface area contributed by atoms with Crippen molar-refractivity contribution in [1.82, 2.24) is 5.32 Å². The van der Waals surface area contributed by atoms with Gasteiger partial charge in [-0.1, -0.05) is 18.2 Å². The monoisotopic (exact) mass is 223 g/mol. The normalized spacial score (nSPS) is 21.9. The largest absolute Gasteiger partial charge is 0.464 e. The van der Waals surface area contributed by atoms with Gasteiger partial charge < -0.3 is 4.74 Å². The van der Waals surface area contributed by atoms with E-state index < -0.39 is 0 Å². The van der Waals surface area contributed by atoms with E-state index in [0.29, 0.717) is 18.6 Å². The zero-order valence-electron chi connectivity index (χ0n) is 9.07. The summed E-state index contributed by atoms with van der Waals surface area (Å²) in [6.45, 7) is 2.28. The molecule has 1 aliphatic heterocycles. The van der Waals surface area contributed by atoms with E-state index in [9.17, 15) is 9.18 Å². The van der Waals surface area contributed by atoms with Crippen molar-refractivity contribution in [2.45, 2.75) is 25.4 Å². The standard InChI is InChI=1S/C12H14FNO2/c1-8(9-4-2-3-5-10(9)13)14-11-6-7-16-12(11)15/h2-5,8,11,14H,6-7H2,1H3. The van der Waals surface area contributed by atoms with Crippen molar-refractivity contribution in [2.75, 3.05) is 6.61 Å². The van der Waals surface area contributed by atoms with Gasteiger partial charge in [0.1, 0.15) is 11.9 Å². The maximum absolute atomic E-state index is 13.5. The number of hydrogen-bond acceptors (Lipinski definition) is 3. The third-order valence-electron chi connectivity index (χ3n) is 2.76. The lowest BCUT2D eigenvalue weighted by Gasteiger charge is -2.17. The van der Waals surface area contributed by atoms with Gasteiger partial charge >= 0.3 is 5.97 Å². The van der Waals surface area contributed by atoms with Gasteiger partial charge in [0.05, 0.1) is 6.61 Å². The number of rotatable bonds is 3. The minimum atomic E-state index is -0.311. The average molecular weight is 223 g/mol. The molecule has 1 aromatic carbocycles. The fraction of sp³-hybridized carbons (Fsp3) is 0.417. The molecule has 4 heteroatoms. The third-order valence-corrected chi connectivity index (χ3v) is 2.76. The zero-order chi connectivity index (χ0) is 11.5. The Bertz CT molecular complexity index is 394. The maximum Gasteiger partial charge on any atom is 0.323 e. The molecule has 0 aliphatic carbocycles. The predicted molar refractivity (Wildman–Crippen MR) is 57.3 cm³/mol. The summed E-state index contributed by atoms with van der Waals surface area (Å²) in [4.78, 5) is 11.2. The number of carbonyl (C=O) groups excluding carboxylic acids is 1. The van der Waals surface area contributed by atoms with Gasteiger partial charge in [0, 0.05) is 18.0 Å². The van der Waals surface area contributed by atoms with Crippen molar-refractivity contribution < 1.29 is 13.9 Å². The van der Waals surface area contributed by atoms with E-state index in [-0.39, 0.29) is 23.9 Å². The van der Waals surface area contributed by atoms with E-state index in [0.717, 1.165) is 0 Å². The first kappa shape index (κ1) is 11.1. The lowest BCUT2D eigenvalue weighted by Crippen LogP contribution is -2.35.